The number of rotatable bonds is 7. The van der Waals surface area contributed by atoms with Crippen molar-refractivity contribution in [3.05, 3.63) is 24.0 Å². The molecule has 0 spiro atoms. The van der Waals surface area contributed by atoms with E-state index in [1.54, 1.807) is 7.11 Å². The summed E-state index contributed by atoms with van der Waals surface area (Å²) in [7, 11) is 1.70. The maximum Gasteiger partial charge on any atom is 0.140 e. The third kappa shape index (κ3) is 4.30. The molecular formula is C15H26N2O. The van der Waals surface area contributed by atoms with Crippen LogP contribution >= 0.6 is 0 Å². The van der Waals surface area contributed by atoms with E-state index in [0.717, 1.165) is 31.0 Å². The number of pyridine rings is 1. The van der Waals surface area contributed by atoms with Gasteiger partial charge in [0.2, 0.25) is 0 Å². The van der Waals surface area contributed by atoms with Crippen molar-refractivity contribution < 1.29 is 4.74 Å². The highest BCUT2D eigenvalue weighted by atomic mass is 16.5. The second kappa shape index (κ2) is 6.74. The molecule has 18 heavy (non-hydrogen) atoms. The minimum Gasteiger partial charge on any atom is -0.495 e. The monoisotopic (exact) mass is 250 g/mol. The lowest BCUT2D eigenvalue weighted by Crippen LogP contribution is -2.28. The van der Waals surface area contributed by atoms with Gasteiger partial charge >= 0.3 is 0 Å². The van der Waals surface area contributed by atoms with Crippen LogP contribution in [-0.2, 0) is 5.41 Å². The van der Waals surface area contributed by atoms with Gasteiger partial charge in [-0.15, -0.1) is 0 Å². The van der Waals surface area contributed by atoms with Crippen LogP contribution in [0.5, 0.6) is 5.75 Å². The molecule has 1 N–H and O–H groups in total. The summed E-state index contributed by atoms with van der Waals surface area (Å²) in [6, 6.07) is 3.89. The molecule has 0 bridgehead atoms. The predicted octanol–water partition coefficient (Wildman–Crippen LogP) is 3.00. The molecule has 3 nitrogen and oxygen atoms in total. The van der Waals surface area contributed by atoms with Crippen molar-refractivity contribution in [2.45, 2.75) is 39.5 Å². The van der Waals surface area contributed by atoms with E-state index < -0.39 is 0 Å². The van der Waals surface area contributed by atoms with Gasteiger partial charge < -0.3 is 10.1 Å². The number of nitrogens with one attached hydrogen (secondary N) is 1. The van der Waals surface area contributed by atoms with Crippen molar-refractivity contribution in [2.24, 2.45) is 5.92 Å². The Hall–Kier alpha value is -1.09. The number of hydrogen-bond donors (Lipinski definition) is 1. The lowest BCUT2D eigenvalue weighted by Gasteiger charge is -2.26. The fraction of sp³-hybridized carbons (Fsp3) is 0.667. The van der Waals surface area contributed by atoms with E-state index in [9.17, 15) is 0 Å². The lowest BCUT2D eigenvalue weighted by atomic mass is 9.84. The highest BCUT2D eigenvalue weighted by Crippen LogP contribution is 2.31. The summed E-state index contributed by atoms with van der Waals surface area (Å²) in [6.07, 6.45) is 2.88. The van der Waals surface area contributed by atoms with Crippen LogP contribution in [-0.4, -0.2) is 25.2 Å². The van der Waals surface area contributed by atoms with Crippen molar-refractivity contribution >= 4 is 0 Å². The molecule has 1 heterocycles. The summed E-state index contributed by atoms with van der Waals surface area (Å²) in [5.74, 6) is 1.57. The zero-order chi connectivity index (χ0) is 13.6. The zero-order valence-corrected chi connectivity index (χ0v) is 12.3. The van der Waals surface area contributed by atoms with E-state index in [2.05, 4.69) is 38.0 Å². The summed E-state index contributed by atoms with van der Waals surface area (Å²) in [5.41, 5.74) is 1.06. The van der Waals surface area contributed by atoms with Crippen LogP contribution in [0.4, 0.5) is 0 Å². The quantitative estimate of drug-likeness (QED) is 0.755. The maximum absolute atomic E-state index is 5.39. The highest BCUT2D eigenvalue weighted by Gasteiger charge is 2.25. The first-order valence-electron chi connectivity index (χ1n) is 6.67. The first kappa shape index (κ1) is 15.0. The minimum absolute atomic E-state index is 0.0244. The average molecular weight is 250 g/mol. The summed E-state index contributed by atoms with van der Waals surface area (Å²) >= 11 is 0. The normalized spacial score (nSPS) is 11.9. The second-order valence-electron chi connectivity index (χ2n) is 5.79. The first-order chi connectivity index (χ1) is 8.47. The molecule has 0 atom stereocenters. The summed E-state index contributed by atoms with van der Waals surface area (Å²) < 4.78 is 5.39. The lowest BCUT2D eigenvalue weighted by molar-refractivity contribution is 0.372. The molecule has 1 rings (SSSR count). The molecule has 0 saturated carbocycles. The van der Waals surface area contributed by atoms with E-state index >= 15 is 0 Å². The van der Waals surface area contributed by atoms with Crippen LogP contribution in [0.1, 0.15) is 39.8 Å². The van der Waals surface area contributed by atoms with Gasteiger partial charge in [0, 0.05) is 11.6 Å². The summed E-state index contributed by atoms with van der Waals surface area (Å²) in [6.45, 7) is 10.9. The molecule has 0 aromatic carbocycles. The van der Waals surface area contributed by atoms with Crippen LogP contribution in [0.2, 0.25) is 0 Å². The Morgan fingerprint density at radius 1 is 1.39 bits per heavy atom. The smallest absolute Gasteiger partial charge is 0.140 e. The highest BCUT2D eigenvalue weighted by molar-refractivity contribution is 5.32. The van der Waals surface area contributed by atoms with E-state index in [1.165, 1.54) is 0 Å². The van der Waals surface area contributed by atoms with Gasteiger partial charge in [-0.05, 0) is 37.6 Å². The Morgan fingerprint density at radius 2 is 2.11 bits per heavy atom. The van der Waals surface area contributed by atoms with Crippen LogP contribution in [0, 0.1) is 5.92 Å². The van der Waals surface area contributed by atoms with E-state index in [0.29, 0.717) is 5.92 Å². The average Bonchev–Trinajstić information content (AvgIpc) is 2.34. The zero-order valence-electron chi connectivity index (χ0n) is 12.3. The fourth-order valence-corrected chi connectivity index (χ4v) is 1.97. The van der Waals surface area contributed by atoms with Crippen LogP contribution in [0.25, 0.3) is 0 Å². The van der Waals surface area contributed by atoms with Crippen LogP contribution in [0.3, 0.4) is 0 Å². The van der Waals surface area contributed by atoms with Crippen molar-refractivity contribution in [2.75, 3.05) is 20.2 Å². The molecular weight excluding hydrogens is 224 g/mol. The van der Waals surface area contributed by atoms with Gasteiger partial charge in [0.05, 0.1) is 12.8 Å². The van der Waals surface area contributed by atoms with Gasteiger partial charge in [-0.3, -0.25) is 4.98 Å². The fourth-order valence-electron chi connectivity index (χ4n) is 1.97. The Balaban J connectivity index is 2.62. The molecule has 102 valence electrons. The van der Waals surface area contributed by atoms with Crippen molar-refractivity contribution in [3.8, 4) is 5.75 Å². The molecule has 0 aliphatic heterocycles. The predicted molar refractivity (Wildman–Crippen MR) is 76.1 cm³/mol. The molecule has 1 aromatic rings. The van der Waals surface area contributed by atoms with E-state index in [-0.39, 0.29) is 5.41 Å². The Labute approximate surface area is 111 Å². The largest absolute Gasteiger partial charge is 0.495 e. The van der Waals surface area contributed by atoms with Crippen molar-refractivity contribution in [1.82, 2.24) is 10.3 Å². The first-order valence-corrected chi connectivity index (χ1v) is 6.67. The van der Waals surface area contributed by atoms with Gasteiger partial charge in [-0.2, -0.15) is 0 Å². The third-order valence-electron chi connectivity index (χ3n) is 3.11. The second-order valence-corrected chi connectivity index (χ2v) is 5.79. The minimum atomic E-state index is 0.0244. The maximum atomic E-state index is 5.39. The van der Waals surface area contributed by atoms with Gasteiger partial charge in [0.1, 0.15) is 5.75 Å². The Morgan fingerprint density at radius 3 is 2.72 bits per heavy atom. The number of aromatic nitrogens is 1. The van der Waals surface area contributed by atoms with Crippen LogP contribution in [0.15, 0.2) is 18.3 Å². The molecule has 1 aromatic heterocycles. The topological polar surface area (TPSA) is 34.1 Å². The molecule has 0 amide bonds. The number of nitrogens with zero attached hydrogens (tertiary/aromatic N) is 1. The molecule has 3 heteroatoms. The Bertz CT molecular complexity index is 361. The van der Waals surface area contributed by atoms with Gasteiger partial charge in [0.15, 0.2) is 0 Å². The molecule has 0 saturated heterocycles. The van der Waals surface area contributed by atoms with Gasteiger partial charge in [0.25, 0.3) is 0 Å². The number of ether oxygens (including phenoxy) is 1. The van der Waals surface area contributed by atoms with E-state index in [4.69, 9.17) is 4.74 Å². The number of hydrogen-bond acceptors (Lipinski definition) is 3. The standard InChI is InChI=1S/C15H26N2O/c1-12(2)11-16-10-8-15(3,4)14-13(18-5)7-6-9-17-14/h6-7,9,12,16H,8,10-11H2,1-5H3. The van der Waals surface area contributed by atoms with Crippen LogP contribution < -0.4 is 10.1 Å². The van der Waals surface area contributed by atoms with E-state index in [1.807, 2.05) is 18.3 Å². The van der Waals surface area contributed by atoms with Gasteiger partial charge in [-0.1, -0.05) is 27.7 Å². The van der Waals surface area contributed by atoms with Crippen molar-refractivity contribution in [1.29, 1.82) is 0 Å². The molecule has 0 radical (unpaired) electrons. The summed E-state index contributed by atoms with van der Waals surface area (Å²) in [4.78, 5) is 4.48. The van der Waals surface area contributed by atoms with Gasteiger partial charge in [-0.25, -0.2) is 0 Å². The SMILES string of the molecule is COc1cccnc1C(C)(C)CCNCC(C)C. The number of methoxy groups -OCH3 is 1. The molecule has 0 aliphatic rings. The third-order valence-corrected chi connectivity index (χ3v) is 3.11. The molecule has 0 aliphatic carbocycles. The molecule has 0 fully saturated rings. The van der Waals surface area contributed by atoms with Crippen molar-refractivity contribution in [3.63, 3.8) is 0 Å². The Kier molecular flexibility index (Phi) is 5.60. The molecule has 0 unspecified atom stereocenters. The summed E-state index contributed by atoms with van der Waals surface area (Å²) in [5, 5.41) is 3.48.